The van der Waals surface area contributed by atoms with E-state index in [1.807, 2.05) is 45.3 Å². The number of carbonyl (C=O) groups is 2. The van der Waals surface area contributed by atoms with Crippen LogP contribution in [0.15, 0.2) is 48.7 Å². The van der Waals surface area contributed by atoms with Crippen LogP contribution in [0.5, 0.6) is 5.75 Å². The predicted molar refractivity (Wildman–Crippen MR) is 213 cm³/mol. The summed E-state index contributed by atoms with van der Waals surface area (Å²) >= 11 is 0. The fourth-order valence-electron chi connectivity index (χ4n) is 10.1. The number of benzene rings is 1. The number of hydroxylamine groups is 2. The summed E-state index contributed by atoms with van der Waals surface area (Å²) in [5.41, 5.74) is 1.01. The van der Waals surface area contributed by atoms with E-state index in [1.54, 1.807) is 31.2 Å². The van der Waals surface area contributed by atoms with Crippen molar-refractivity contribution in [3.8, 4) is 5.75 Å². The molecule has 5 N–H and O–H groups in total. The minimum absolute atomic E-state index is 0.00178. The van der Waals surface area contributed by atoms with Gasteiger partial charge in [0.05, 0.1) is 31.3 Å². The molecule has 0 aromatic heterocycles. The second-order valence-electron chi connectivity index (χ2n) is 17.9. The van der Waals surface area contributed by atoms with E-state index in [9.17, 15) is 19.8 Å². The molecule has 9 atom stereocenters. The van der Waals surface area contributed by atoms with Crippen molar-refractivity contribution in [2.24, 2.45) is 34.5 Å². The van der Waals surface area contributed by atoms with Crippen LogP contribution in [0, 0.1) is 34.5 Å². The number of aliphatic hydroxyl groups is 2. The number of hydrogen-bond donors (Lipinski definition) is 5. The highest BCUT2D eigenvalue weighted by molar-refractivity contribution is 5.92. The monoisotopic (exact) mass is 750 g/mol. The minimum atomic E-state index is -1.18. The van der Waals surface area contributed by atoms with E-state index >= 15 is 0 Å². The molecule has 1 aromatic carbocycles. The average molecular weight is 750 g/mol. The Labute approximate surface area is 323 Å². The molecule has 11 nitrogen and oxygen atoms in total. The first-order valence-corrected chi connectivity index (χ1v) is 19.9. The molecular weight excluding hydrogens is 683 g/mol. The smallest absolute Gasteiger partial charge is 0.244 e. The van der Waals surface area contributed by atoms with Crippen molar-refractivity contribution in [2.75, 3.05) is 40.9 Å². The lowest BCUT2D eigenvalue weighted by atomic mass is 9.45. The number of likely N-dealkylation sites (N-methyl/N-ethyl adjacent to an activating group) is 2. The Balaban J connectivity index is 1.44. The van der Waals surface area contributed by atoms with Crippen LogP contribution >= 0.6 is 0 Å². The molecule has 1 unspecified atom stereocenters. The highest BCUT2D eigenvalue weighted by atomic mass is 16.7. The van der Waals surface area contributed by atoms with E-state index in [2.05, 4.69) is 62.0 Å². The molecule has 1 aromatic rings. The van der Waals surface area contributed by atoms with Gasteiger partial charge in [0.2, 0.25) is 11.8 Å². The Morgan fingerprint density at radius 2 is 1.89 bits per heavy atom. The Hall–Kier alpha value is -3.22. The van der Waals surface area contributed by atoms with E-state index in [-0.39, 0.29) is 42.5 Å². The quantitative estimate of drug-likeness (QED) is 0.114. The molecule has 2 amide bonds. The number of aliphatic hydroxyl groups excluding tert-OH is 1. The van der Waals surface area contributed by atoms with Gasteiger partial charge in [0, 0.05) is 48.1 Å². The molecule has 300 valence electrons. The number of ether oxygens (including phenoxy) is 1. The fraction of sp³-hybridized carbons (Fsp3) is 0.674. The van der Waals surface area contributed by atoms with Gasteiger partial charge in [-0.05, 0) is 100 Å². The zero-order valence-electron chi connectivity index (χ0n) is 34.4. The number of nitrogens with zero attached hydrogens (tertiary/aromatic N) is 2. The molecule has 1 saturated heterocycles. The Kier molecular flexibility index (Phi) is 12.8. The number of hydrogen-bond acceptors (Lipinski definition) is 9. The average Bonchev–Trinajstić information content (AvgIpc) is 3.51. The summed E-state index contributed by atoms with van der Waals surface area (Å²) < 4.78 is 6.08. The number of rotatable bonds is 17. The molecule has 4 saturated carbocycles. The van der Waals surface area contributed by atoms with Crippen LogP contribution in [0.4, 0.5) is 0 Å². The molecule has 5 fully saturated rings. The fourth-order valence-corrected chi connectivity index (χ4v) is 10.1. The van der Waals surface area contributed by atoms with Crippen molar-refractivity contribution in [3.05, 3.63) is 59.8 Å². The van der Waals surface area contributed by atoms with E-state index in [4.69, 9.17) is 9.57 Å². The van der Waals surface area contributed by atoms with Crippen LogP contribution in [-0.4, -0.2) is 103 Å². The zero-order chi connectivity index (χ0) is 39.7. The number of amides is 2. The maximum atomic E-state index is 14.5. The number of methoxy groups -OCH3 is 1. The summed E-state index contributed by atoms with van der Waals surface area (Å²) in [6, 6.07) is 4.98. The van der Waals surface area contributed by atoms with Crippen LogP contribution in [0.2, 0.25) is 0 Å². The van der Waals surface area contributed by atoms with Gasteiger partial charge in [0.1, 0.15) is 17.9 Å². The van der Waals surface area contributed by atoms with Crippen molar-refractivity contribution in [3.63, 3.8) is 0 Å². The highest BCUT2D eigenvalue weighted by Crippen LogP contribution is 2.66. The topological polar surface area (TPSA) is 136 Å². The number of para-hydroxylation sites is 1. The second kappa shape index (κ2) is 16.5. The molecule has 11 heteroatoms. The standard InChI is InChI=1S/C43H67N5O6/c1-12-44-27(4)19-29(16-17-37(50)45-32(18-26(2)3)23-47(9)10)33-15-13-14-30(38(33)53-11)22-48-39(43(25-42(43,8)52)36(24-49)54-48)40(51)46-35-21-31-20-34(28(35)5)41(31,6)7/h13-17,19,26,28,31-32,34-36,39,44,49,52H,4,12,18,20-25H2,1-3,5-11H3,(H,45,50)(H,46,51)/b17-16+,29-19+/t28-,31+,32-,34-,35-,36-,39+,42?,43+/m0/s1. The number of nitrogens with one attached hydrogen (secondary N) is 3. The molecule has 1 spiro atoms. The van der Waals surface area contributed by atoms with Gasteiger partial charge < -0.3 is 35.8 Å². The van der Waals surface area contributed by atoms with Gasteiger partial charge in [-0.25, -0.2) is 0 Å². The summed E-state index contributed by atoms with van der Waals surface area (Å²) in [4.78, 5) is 36.2. The zero-order valence-corrected chi connectivity index (χ0v) is 34.4. The van der Waals surface area contributed by atoms with Crippen LogP contribution < -0.4 is 20.7 Å². The molecule has 6 rings (SSSR count). The molecule has 54 heavy (non-hydrogen) atoms. The maximum absolute atomic E-state index is 14.5. The Bertz CT molecular complexity index is 1590. The largest absolute Gasteiger partial charge is 0.496 e. The summed E-state index contributed by atoms with van der Waals surface area (Å²) in [6.45, 7) is 20.4. The molecule has 0 radical (unpaired) electrons. The maximum Gasteiger partial charge on any atom is 0.244 e. The normalized spacial score (nSPS) is 32.1. The summed E-state index contributed by atoms with van der Waals surface area (Å²) in [7, 11) is 5.60. The lowest BCUT2D eigenvalue weighted by Crippen LogP contribution is -2.62. The molecule has 1 aliphatic heterocycles. The molecule has 4 aliphatic carbocycles. The van der Waals surface area contributed by atoms with Gasteiger partial charge in [0.25, 0.3) is 0 Å². The Morgan fingerprint density at radius 3 is 2.44 bits per heavy atom. The van der Waals surface area contributed by atoms with E-state index in [0.717, 1.165) is 30.5 Å². The first-order chi connectivity index (χ1) is 25.4. The molecule has 2 bridgehead atoms. The van der Waals surface area contributed by atoms with Gasteiger partial charge >= 0.3 is 0 Å². The van der Waals surface area contributed by atoms with Crippen LogP contribution in [0.25, 0.3) is 5.57 Å². The van der Waals surface area contributed by atoms with Crippen molar-refractivity contribution in [2.45, 2.75) is 111 Å². The third kappa shape index (κ3) is 8.31. The van der Waals surface area contributed by atoms with Gasteiger partial charge in [0.15, 0.2) is 0 Å². The minimum Gasteiger partial charge on any atom is -0.496 e. The third-order valence-corrected chi connectivity index (χ3v) is 13.0. The van der Waals surface area contributed by atoms with Gasteiger partial charge in [-0.1, -0.05) is 59.4 Å². The number of allylic oxidation sites excluding steroid dienone is 3. The Morgan fingerprint density at radius 1 is 1.19 bits per heavy atom. The molecular formula is C43H67N5O6. The van der Waals surface area contributed by atoms with Gasteiger partial charge in [-0.15, -0.1) is 0 Å². The van der Waals surface area contributed by atoms with Crippen LogP contribution in [0.3, 0.4) is 0 Å². The first kappa shape index (κ1) is 41.9. The van der Waals surface area contributed by atoms with Crippen molar-refractivity contribution in [1.29, 1.82) is 0 Å². The van der Waals surface area contributed by atoms with Crippen LogP contribution in [0.1, 0.15) is 85.3 Å². The predicted octanol–water partition coefficient (Wildman–Crippen LogP) is 4.66. The number of fused-ring (bicyclic) bond motifs is 2. The molecule has 5 aliphatic rings. The summed E-state index contributed by atoms with van der Waals surface area (Å²) in [5.74, 6) is 2.06. The van der Waals surface area contributed by atoms with E-state index < -0.39 is 23.2 Å². The summed E-state index contributed by atoms with van der Waals surface area (Å²) in [5, 5.41) is 33.4. The van der Waals surface area contributed by atoms with Gasteiger partial charge in [-0.3, -0.25) is 14.4 Å². The SMILES string of the molecule is C=C(/C=C(\C=C\C(=O)N[C@@H](CC(C)C)CN(C)C)c1cccc(CN2O[C@@H](CO)[C@]3(CC3(C)O)[C@H]2C(=O)N[C@H]2C[C@H]3C[C@@H]([C@@H]2C)C3(C)C)c1OC)NCC. The first-order valence-electron chi connectivity index (χ1n) is 19.9. The molecule has 1 heterocycles. The van der Waals surface area contributed by atoms with Crippen molar-refractivity contribution >= 4 is 17.4 Å². The lowest BCUT2D eigenvalue weighted by Gasteiger charge is -2.62. The number of carbonyl (C=O) groups excluding carboxylic acids is 2. The van der Waals surface area contributed by atoms with Gasteiger partial charge in [-0.2, -0.15) is 5.06 Å². The summed E-state index contributed by atoms with van der Waals surface area (Å²) in [6.07, 6.45) is 7.80. The third-order valence-electron chi connectivity index (χ3n) is 13.0. The second-order valence-corrected chi connectivity index (χ2v) is 17.9. The highest BCUT2D eigenvalue weighted by Gasteiger charge is 2.78. The van der Waals surface area contributed by atoms with Crippen molar-refractivity contribution < 1.29 is 29.4 Å². The van der Waals surface area contributed by atoms with Crippen LogP contribution in [-0.2, 0) is 21.0 Å². The van der Waals surface area contributed by atoms with Crippen molar-refractivity contribution in [1.82, 2.24) is 25.9 Å². The van der Waals surface area contributed by atoms with E-state index in [1.165, 1.54) is 6.42 Å². The van der Waals surface area contributed by atoms with E-state index in [0.29, 0.717) is 53.7 Å². The lowest BCUT2D eigenvalue weighted by molar-refractivity contribution is -0.183.